The van der Waals surface area contributed by atoms with Crippen LogP contribution in [0.3, 0.4) is 0 Å². The topological polar surface area (TPSA) is 48.7 Å². The highest BCUT2D eigenvalue weighted by molar-refractivity contribution is 14.0. The summed E-state index contributed by atoms with van der Waals surface area (Å²) in [6.07, 6.45) is 6.30. The van der Waals surface area contributed by atoms with Gasteiger partial charge in [0.15, 0.2) is 5.96 Å². The van der Waals surface area contributed by atoms with Crippen molar-refractivity contribution < 1.29 is 0 Å². The first-order valence-electron chi connectivity index (χ1n) is 10.3. The summed E-state index contributed by atoms with van der Waals surface area (Å²) in [6, 6.07) is 11.1. The number of benzene rings is 1. The normalized spacial score (nSPS) is 18.0. The van der Waals surface area contributed by atoms with E-state index in [-0.39, 0.29) is 24.0 Å². The van der Waals surface area contributed by atoms with E-state index < -0.39 is 0 Å². The Labute approximate surface area is 192 Å². The van der Waals surface area contributed by atoms with Gasteiger partial charge in [-0.25, -0.2) is 0 Å². The number of nitrogens with zero attached hydrogens (tertiary/aromatic N) is 5. The van der Waals surface area contributed by atoms with Gasteiger partial charge in [-0.15, -0.1) is 24.0 Å². The summed E-state index contributed by atoms with van der Waals surface area (Å²) in [6.45, 7) is 5.85. The Kier molecular flexibility index (Phi) is 9.42. The molecule has 0 spiro atoms. The van der Waals surface area contributed by atoms with Gasteiger partial charge in [-0.1, -0.05) is 30.3 Å². The Morgan fingerprint density at radius 2 is 2.07 bits per heavy atom. The molecule has 2 heterocycles. The standard InChI is InChI=1S/C22H34N6.HI/c1-5-23-22(28-12-11-19(17-28)20-14-25-27(4)16-20)24-15-21(26(2)3)13-18-9-7-6-8-10-18;/h6-10,14,16,19,21H,5,11-13,15,17H2,1-4H3,(H,23,24);1H. The van der Waals surface area contributed by atoms with Crippen LogP contribution in [0, 0.1) is 0 Å². The minimum absolute atomic E-state index is 0. The lowest BCUT2D eigenvalue weighted by molar-refractivity contribution is 0.297. The van der Waals surface area contributed by atoms with Crippen molar-refractivity contribution in [2.45, 2.75) is 31.7 Å². The predicted molar refractivity (Wildman–Crippen MR) is 131 cm³/mol. The minimum atomic E-state index is 0. The van der Waals surface area contributed by atoms with Crippen LogP contribution in [0.15, 0.2) is 47.7 Å². The number of likely N-dealkylation sites (N-methyl/N-ethyl adjacent to an activating group) is 1. The smallest absolute Gasteiger partial charge is 0.193 e. The molecule has 0 radical (unpaired) electrons. The minimum Gasteiger partial charge on any atom is -0.357 e. The van der Waals surface area contributed by atoms with Crippen LogP contribution in [-0.2, 0) is 13.5 Å². The number of likely N-dealkylation sites (tertiary alicyclic amines) is 1. The summed E-state index contributed by atoms with van der Waals surface area (Å²) in [5.41, 5.74) is 2.69. The lowest BCUT2D eigenvalue weighted by Gasteiger charge is -2.26. The fourth-order valence-electron chi connectivity index (χ4n) is 3.79. The highest BCUT2D eigenvalue weighted by Gasteiger charge is 2.27. The predicted octanol–water partition coefficient (Wildman–Crippen LogP) is 2.97. The molecule has 0 aliphatic carbocycles. The fraction of sp³-hybridized carbons (Fsp3) is 0.545. The average Bonchev–Trinajstić information content (AvgIpc) is 3.33. The molecule has 6 nitrogen and oxygen atoms in total. The number of aryl methyl sites for hydroxylation is 1. The van der Waals surface area contributed by atoms with Gasteiger partial charge in [0, 0.05) is 44.8 Å². The molecule has 0 bridgehead atoms. The number of aromatic nitrogens is 2. The maximum absolute atomic E-state index is 5.02. The fourth-order valence-corrected chi connectivity index (χ4v) is 3.79. The number of hydrogen-bond acceptors (Lipinski definition) is 3. The van der Waals surface area contributed by atoms with E-state index in [1.54, 1.807) is 0 Å². The van der Waals surface area contributed by atoms with Gasteiger partial charge in [0.25, 0.3) is 0 Å². The SMILES string of the molecule is CCNC(=NCC(Cc1ccccc1)N(C)C)N1CCC(c2cnn(C)c2)C1.I. The van der Waals surface area contributed by atoms with E-state index in [0.717, 1.165) is 45.0 Å². The van der Waals surface area contributed by atoms with Gasteiger partial charge in [0.05, 0.1) is 12.7 Å². The van der Waals surface area contributed by atoms with Crippen LogP contribution in [0.1, 0.15) is 30.4 Å². The van der Waals surface area contributed by atoms with Crippen LogP contribution in [0.5, 0.6) is 0 Å². The second-order valence-corrected chi connectivity index (χ2v) is 7.88. The van der Waals surface area contributed by atoms with Crippen molar-refractivity contribution in [3.8, 4) is 0 Å². The van der Waals surface area contributed by atoms with Crippen molar-refractivity contribution in [2.75, 3.05) is 40.3 Å². The summed E-state index contributed by atoms with van der Waals surface area (Å²) < 4.78 is 1.89. The van der Waals surface area contributed by atoms with E-state index >= 15 is 0 Å². The second kappa shape index (κ2) is 11.5. The summed E-state index contributed by atoms with van der Waals surface area (Å²) in [4.78, 5) is 9.69. The van der Waals surface area contributed by atoms with Crippen LogP contribution >= 0.6 is 24.0 Å². The van der Waals surface area contributed by atoms with Gasteiger partial charge in [-0.05, 0) is 45.0 Å². The van der Waals surface area contributed by atoms with Crippen LogP contribution in [0.25, 0.3) is 0 Å². The zero-order valence-corrected chi connectivity index (χ0v) is 20.4. The molecular formula is C22H35IN6. The van der Waals surface area contributed by atoms with Crippen LogP contribution in [0.2, 0.25) is 0 Å². The number of aliphatic imine (C=N–C) groups is 1. The first kappa shape index (κ1) is 23.7. The van der Waals surface area contributed by atoms with E-state index in [2.05, 4.69) is 77.8 Å². The lowest BCUT2D eigenvalue weighted by atomic mass is 10.0. The summed E-state index contributed by atoms with van der Waals surface area (Å²) in [7, 11) is 6.27. The Morgan fingerprint density at radius 1 is 1.31 bits per heavy atom. The third kappa shape index (κ3) is 6.70. The number of hydrogen-bond donors (Lipinski definition) is 1. The Morgan fingerprint density at radius 3 is 2.69 bits per heavy atom. The summed E-state index contributed by atoms with van der Waals surface area (Å²) >= 11 is 0. The third-order valence-electron chi connectivity index (χ3n) is 5.52. The molecular weight excluding hydrogens is 475 g/mol. The van der Waals surface area contributed by atoms with Crippen LogP contribution in [0.4, 0.5) is 0 Å². The molecule has 2 atom stereocenters. The van der Waals surface area contributed by atoms with Crippen molar-refractivity contribution in [1.82, 2.24) is 24.9 Å². The zero-order chi connectivity index (χ0) is 19.9. The Hall–Kier alpha value is -1.61. The molecule has 1 aliphatic rings. The van der Waals surface area contributed by atoms with Crippen molar-refractivity contribution in [3.63, 3.8) is 0 Å². The van der Waals surface area contributed by atoms with Gasteiger partial charge in [0.2, 0.25) is 0 Å². The van der Waals surface area contributed by atoms with E-state index in [1.807, 2.05) is 17.9 Å². The molecule has 29 heavy (non-hydrogen) atoms. The monoisotopic (exact) mass is 510 g/mol. The summed E-state index contributed by atoms with van der Waals surface area (Å²) in [5, 5.41) is 7.83. The largest absolute Gasteiger partial charge is 0.357 e. The lowest BCUT2D eigenvalue weighted by Crippen LogP contribution is -2.41. The quantitative estimate of drug-likeness (QED) is 0.354. The maximum Gasteiger partial charge on any atom is 0.193 e. The number of rotatable bonds is 7. The number of halogens is 1. The highest BCUT2D eigenvalue weighted by atomic mass is 127. The molecule has 2 aromatic rings. The molecule has 1 N–H and O–H groups in total. The number of nitrogens with one attached hydrogen (secondary N) is 1. The number of guanidine groups is 1. The highest BCUT2D eigenvalue weighted by Crippen LogP contribution is 2.26. The molecule has 1 saturated heterocycles. The second-order valence-electron chi connectivity index (χ2n) is 7.88. The first-order valence-corrected chi connectivity index (χ1v) is 10.3. The van der Waals surface area contributed by atoms with Crippen molar-refractivity contribution in [1.29, 1.82) is 0 Å². The van der Waals surface area contributed by atoms with Crippen molar-refractivity contribution >= 4 is 29.9 Å². The Bertz CT molecular complexity index is 758. The van der Waals surface area contributed by atoms with Crippen LogP contribution < -0.4 is 5.32 Å². The first-order chi connectivity index (χ1) is 13.6. The van der Waals surface area contributed by atoms with Gasteiger partial charge in [0.1, 0.15) is 0 Å². The van der Waals surface area contributed by atoms with E-state index in [9.17, 15) is 0 Å². The van der Waals surface area contributed by atoms with E-state index in [1.165, 1.54) is 11.1 Å². The average molecular weight is 510 g/mol. The summed E-state index contributed by atoms with van der Waals surface area (Å²) in [5.74, 6) is 1.57. The van der Waals surface area contributed by atoms with Gasteiger partial charge >= 0.3 is 0 Å². The van der Waals surface area contributed by atoms with Crippen molar-refractivity contribution in [2.24, 2.45) is 12.0 Å². The zero-order valence-electron chi connectivity index (χ0n) is 18.1. The van der Waals surface area contributed by atoms with Gasteiger partial charge in [-0.2, -0.15) is 5.10 Å². The van der Waals surface area contributed by atoms with Gasteiger partial charge in [-0.3, -0.25) is 9.67 Å². The van der Waals surface area contributed by atoms with Crippen LogP contribution in [-0.4, -0.2) is 71.9 Å². The van der Waals surface area contributed by atoms with Gasteiger partial charge < -0.3 is 15.1 Å². The third-order valence-corrected chi connectivity index (χ3v) is 5.52. The molecule has 3 rings (SSSR count). The molecule has 1 fully saturated rings. The Balaban J connectivity index is 0.00000300. The van der Waals surface area contributed by atoms with E-state index in [4.69, 9.17) is 4.99 Å². The maximum atomic E-state index is 5.02. The molecule has 1 aliphatic heterocycles. The molecule has 1 aromatic heterocycles. The molecule has 2 unspecified atom stereocenters. The molecule has 0 saturated carbocycles. The van der Waals surface area contributed by atoms with Crippen molar-refractivity contribution in [3.05, 3.63) is 53.9 Å². The molecule has 0 amide bonds. The molecule has 1 aromatic carbocycles. The molecule has 7 heteroatoms. The molecule has 160 valence electrons. The van der Waals surface area contributed by atoms with E-state index in [0.29, 0.717) is 12.0 Å².